The molecule has 2 fully saturated rings. The minimum absolute atomic E-state index is 0.355. The monoisotopic (exact) mass is 475 g/mol. The molecular weight excluding hydrogens is 450 g/mol. The second-order valence-corrected chi connectivity index (χ2v) is 9.38. The predicted octanol–water partition coefficient (Wildman–Crippen LogP) is 3.20. The van der Waals surface area contributed by atoms with Crippen LogP contribution in [0.15, 0.2) is 53.7 Å². The second-order valence-electron chi connectivity index (χ2n) is 8.37. The van der Waals surface area contributed by atoms with E-state index in [1.807, 2.05) is 6.07 Å². The lowest BCUT2D eigenvalue weighted by molar-refractivity contribution is -0.115. The van der Waals surface area contributed by atoms with Crippen molar-refractivity contribution in [3.63, 3.8) is 0 Å². The van der Waals surface area contributed by atoms with Crippen LogP contribution in [0.25, 0.3) is 17.3 Å². The van der Waals surface area contributed by atoms with Crippen molar-refractivity contribution < 1.29 is 9.59 Å². The summed E-state index contributed by atoms with van der Waals surface area (Å²) in [5, 5.41) is 12.5. The number of hydrogen-bond donors (Lipinski definition) is 3. The number of aromatic nitrogens is 4. The summed E-state index contributed by atoms with van der Waals surface area (Å²) in [6, 6.07) is 12.2. The van der Waals surface area contributed by atoms with E-state index in [0.29, 0.717) is 22.5 Å². The van der Waals surface area contributed by atoms with Gasteiger partial charge in [-0.2, -0.15) is 5.10 Å². The molecule has 2 aliphatic rings. The van der Waals surface area contributed by atoms with E-state index < -0.39 is 0 Å². The lowest BCUT2D eigenvalue weighted by Gasteiger charge is -2.32. The van der Waals surface area contributed by atoms with E-state index in [4.69, 9.17) is 0 Å². The molecule has 0 aliphatic carbocycles. The first kappa shape index (κ1) is 22.3. The summed E-state index contributed by atoms with van der Waals surface area (Å²) in [6.45, 7) is 3.57. The Morgan fingerprint density at radius 3 is 2.79 bits per heavy atom. The highest BCUT2D eigenvalue weighted by Crippen LogP contribution is 2.26. The molecule has 9 nitrogen and oxygen atoms in total. The Hall–Kier alpha value is -3.50. The number of H-pyrrole nitrogens is 1. The van der Waals surface area contributed by atoms with Gasteiger partial charge in [-0.3, -0.25) is 20.0 Å². The molecule has 2 saturated heterocycles. The maximum absolute atomic E-state index is 11.8. The molecule has 0 saturated carbocycles. The van der Waals surface area contributed by atoms with E-state index in [1.54, 1.807) is 24.5 Å². The molecule has 3 aromatic rings. The number of amides is 2. The van der Waals surface area contributed by atoms with Gasteiger partial charge in [-0.25, -0.2) is 9.97 Å². The van der Waals surface area contributed by atoms with Crippen LogP contribution in [0.4, 0.5) is 10.7 Å². The number of benzene rings is 1. The zero-order valence-corrected chi connectivity index (χ0v) is 19.3. The van der Waals surface area contributed by atoms with Crippen LogP contribution < -0.4 is 15.5 Å². The average Bonchev–Trinajstić information content (AvgIpc) is 3.50. The molecule has 5 rings (SSSR count). The number of carbonyl (C=O) groups excluding carboxylic acids is 2. The van der Waals surface area contributed by atoms with Crippen molar-refractivity contribution in [3.05, 3.63) is 65.0 Å². The van der Waals surface area contributed by atoms with E-state index in [9.17, 15) is 9.59 Å². The summed E-state index contributed by atoms with van der Waals surface area (Å²) < 4.78 is 0. The third-order valence-electron chi connectivity index (χ3n) is 5.98. The summed E-state index contributed by atoms with van der Waals surface area (Å²) in [5.41, 5.74) is 4.04. The normalized spacial score (nSPS) is 18.0. The Kier molecular flexibility index (Phi) is 6.68. The van der Waals surface area contributed by atoms with E-state index in [2.05, 4.69) is 60.0 Å². The van der Waals surface area contributed by atoms with Crippen LogP contribution >= 0.6 is 11.8 Å². The molecule has 4 heterocycles. The molecule has 1 aromatic carbocycles. The van der Waals surface area contributed by atoms with Crippen molar-refractivity contribution in [2.45, 2.75) is 19.4 Å². The molecule has 0 unspecified atom stereocenters. The molecule has 0 radical (unpaired) electrons. The number of nitrogens with zero attached hydrogens (tertiary/aromatic N) is 4. The van der Waals surface area contributed by atoms with Crippen molar-refractivity contribution in [3.8, 4) is 11.3 Å². The van der Waals surface area contributed by atoms with E-state index in [1.165, 1.54) is 5.56 Å². The minimum atomic E-state index is -0.378. The highest BCUT2D eigenvalue weighted by atomic mass is 32.2. The largest absolute Gasteiger partial charge is 0.341 e. The summed E-state index contributed by atoms with van der Waals surface area (Å²) in [6.07, 6.45) is 7.21. The number of aromatic amines is 1. The van der Waals surface area contributed by atoms with Gasteiger partial charge in [0.2, 0.25) is 5.95 Å². The van der Waals surface area contributed by atoms with Gasteiger partial charge < -0.3 is 10.2 Å². The van der Waals surface area contributed by atoms with Gasteiger partial charge in [0.1, 0.15) is 0 Å². The Bertz CT molecular complexity index is 1200. The van der Waals surface area contributed by atoms with Crippen molar-refractivity contribution >= 4 is 34.9 Å². The van der Waals surface area contributed by atoms with Crippen molar-refractivity contribution in [2.24, 2.45) is 5.92 Å². The number of imide groups is 1. The number of rotatable bonds is 7. The predicted molar refractivity (Wildman–Crippen MR) is 132 cm³/mol. The van der Waals surface area contributed by atoms with Crippen LogP contribution in [0.1, 0.15) is 24.1 Å². The molecule has 2 amide bonds. The van der Waals surface area contributed by atoms with Gasteiger partial charge in [-0.05, 0) is 72.5 Å². The lowest BCUT2D eigenvalue weighted by Crippen LogP contribution is -2.38. The van der Waals surface area contributed by atoms with E-state index in [0.717, 1.165) is 62.0 Å². The van der Waals surface area contributed by atoms with Crippen LogP contribution in [0.3, 0.4) is 0 Å². The summed E-state index contributed by atoms with van der Waals surface area (Å²) in [7, 11) is 0. The molecule has 10 heteroatoms. The third kappa shape index (κ3) is 5.35. The Morgan fingerprint density at radius 1 is 1.15 bits per heavy atom. The highest BCUT2D eigenvalue weighted by Gasteiger charge is 2.25. The molecule has 3 N–H and O–H groups in total. The highest BCUT2D eigenvalue weighted by molar-refractivity contribution is 8.18. The minimum Gasteiger partial charge on any atom is -0.341 e. The number of hydrogen-bond acceptors (Lipinski definition) is 8. The Morgan fingerprint density at radius 2 is 2.03 bits per heavy atom. The van der Waals surface area contributed by atoms with Gasteiger partial charge in [0.25, 0.3) is 11.1 Å². The molecule has 2 aliphatic heterocycles. The number of piperidine rings is 1. The zero-order chi connectivity index (χ0) is 23.3. The third-order valence-corrected chi connectivity index (χ3v) is 6.79. The van der Waals surface area contributed by atoms with Gasteiger partial charge in [0.15, 0.2) is 0 Å². The second kappa shape index (κ2) is 10.2. The van der Waals surface area contributed by atoms with E-state index in [-0.39, 0.29) is 11.1 Å². The summed E-state index contributed by atoms with van der Waals surface area (Å²) in [5.74, 6) is 0.879. The standard InChI is InChI=1S/C24H25N7O2S/c32-22-21(34-24(33)29-22)13-19-4-8-26-23(28-19)31-10-6-16(7-11-31)14-25-15-17-2-1-3-18(12-17)20-5-9-27-30-20/h1-5,8-9,12-13,16,25H,6-7,10-11,14-15H2,(H,27,30)(H,29,32,33)/b21-13+. The molecule has 2 aromatic heterocycles. The smallest absolute Gasteiger partial charge is 0.290 e. The first-order chi connectivity index (χ1) is 16.6. The Balaban J connectivity index is 1.11. The first-order valence-electron chi connectivity index (χ1n) is 11.3. The number of anilines is 1. The average molecular weight is 476 g/mol. The summed E-state index contributed by atoms with van der Waals surface area (Å²) >= 11 is 0.892. The van der Waals surface area contributed by atoms with Crippen molar-refractivity contribution in [1.82, 2.24) is 30.8 Å². The molecular formula is C24H25N7O2S. The van der Waals surface area contributed by atoms with Gasteiger partial charge in [-0.15, -0.1) is 0 Å². The molecule has 174 valence electrons. The molecule has 34 heavy (non-hydrogen) atoms. The number of nitrogens with one attached hydrogen (secondary N) is 3. The van der Waals surface area contributed by atoms with Gasteiger partial charge in [0.05, 0.1) is 16.3 Å². The molecule has 0 bridgehead atoms. The van der Waals surface area contributed by atoms with Crippen molar-refractivity contribution in [1.29, 1.82) is 0 Å². The summed E-state index contributed by atoms with van der Waals surface area (Å²) in [4.78, 5) is 34.7. The quantitative estimate of drug-likeness (QED) is 0.446. The van der Waals surface area contributed by atoms with Crippen molar-refractivity contribution in [2.75, 3.05) is 24.5 Å². The van der Waals surface area contributed by atoms with Crippen LogP contribution in [0.2, 0.25) is 0 Å². The molecule has 0 spiro atoms. The number of thioether (sulfide) groups is 1. The first-order valence-corrected chi connectivity index (χ1v) is 12.1. The van der Waals surface area contributed by atoms with E-state index >= 15 is 0 Å². The van der Waals surface area contributed by atoms with Gasteiger partial charge >= 0.3 is 0 Å². The fourth-order valence-electron chi connectivity index (χ4n) is 4.17. The van der Waals surface area contributed by atoms with Crippen LogP contribution in [-0.2, 0) is 11.3 Å². The van der Waals surface area contributed by atoms with Crippen LogP contribution in [-0.4, -0.2) is 50.9 Å². The topological polar surface area (TPSA) is 116 Å². The maximum atomic E-state index is 11.8. The molecule has 0 atom stereocenters. The Labute approximate surface area is 201 Å². The number of carbonyl (C=O) groups is 2. The maximum Gasteiger partial charge on any atom is 0.290 e. The van der Waals surface area contributed by atoms with Gasteiger partial charge in [-0.1, -0.05) is 18.2 Å². The fourth-order valence-corrected chi connectivity index (χ4v) is 4.84. The van der Waals surface area contributed by atoms with Crippen LogP contribution in [0.5, 0.6) is 0 Å². The fraction of sp³-hybridized carbons (Fsp3) is 0.292. The lowest BCUT2D eigenvalue weighted by atomic mass is 9.97. The zero-order valence-electron chi connectivity index (χ0n) is 18.5. The SMILES string of the molecule is O=C1NC(=O)/C(=C\c2ccnc(N3CCC(CNCc4cccc(-c5ccn[nH]5)c4)CC3)n2)S1. The van der Waals surface area contributed by atoms with Gasteiger partial charge in [0, 0.05) is 32.0 Å². The van der Waals surface area contributed by atoms with Crippen LogP contribution in [0, 0.1) is 5.92 Å².